The molecule has 3 aromatic rings. The van der Waals surface area contributed by atoms with Crippen molar-refractivity contribution in [1.82, 2.24) is 19.6 Å². The summed E-state index contributed by atoms with van der Waals surface area (Å²) in [5, 5.41) is 4.08. The number of hydrogen-bond acceptors (Lipinski definition) is 3. The lowest BCUT2D eigenvalue weighted by Crippen LogP contribution is -2.17. The number of halogens is 1. The van der Waals surface area contributed by atoms with Crippen LogP contribution in [0.3, 0.4) is 0 Å². The van der Waals surface area contributed by atoms with Crippen molar-refractivity contribution in [2.45, 2.75) is 13.8 Å². The summed E-state index contributed by atoms with van der Waals surface area (Å²) in [7, 11) is 0. The molecule has 2 heterocycles. The van der Waals surface area contributed by atoms with Gasteiger partial charge in [0.05, 0.1) is 12.5 Å². The molecule has 0 unspecified atom stereocenters. The number of nitrogens with one attached hydrogen (secondary N) is 1. The Morgan fingerprint density at radius 3 is 2.63 bits per heavy atom. The summed E-state index contributed by atoms with van der Waals surface area (Å²) in [6.45, 7) is 4.07. The number of benzene rings is 1. The summed E-state index contributed by atoms with van der Waals surface area (Å²) in [5.41, 5.74) is 4.40. The van der Waals surface area contributed by atoms with Gasteiger partial charge in [-0.25, -0.2) is 9.78 Å². The van der Waals surface area contributed by atoms with E-state index in [-0.39, 0.29) is 5.69 Å². The Labute approximate surface area is 117 Å². The first kappa shape index (κ1) is 12.1. The van der Waals surface area contributed by atoms with Gasteiger partial charge in [-0.3, -0.25) is 4.98 Å². The van der Waals surface area contributed by atoms with E-state index in [2.05, 4.69) is 43.1 Å². The van der Waals surface area contributed by atoms with Crippen molar-refractivity contribution in [3.8, 4) is 11.1 Å². The van der Waals surface area contributed by atoms with Crippen molar-refractivity contribution in [2.24, 2.45) is 0 Å². The third-order valence-electron chi connectivity index (χ3n) is 3.06. The van der Waals surface area contributed by atoms with Gasteiger partial charge in [0.1, 0.15) is 0 Å². The highest BCUT2D eigenvalue weighted by Gasteiger charge is 2.11. The fourth-order valence-corrected chi connectivity index (χ4v) is 2.36. The summed E-state index contributed by atoms with van der Waals surface area (Å²) in [6, 6.07) is 4.11. The van der Waals surface area contributed by atoms with E-state index >= 15 is 0 Å². The molecule has 0 bridgehead atoms. The van der Waals surface area contributed by atoms with Crippen molar-refractivity contribution < 1.29 is 0 Å². The monoisotopic (exact) mass is 318 g/mol. The lowest BCUT2D eigenvalue weighted by atomic mass is 10.0. The molecule has 0 spiro atoms. The molecule has 0 fully saturated rings. The molecular weight excluding hydrogens is 308 g/mol. The van der Waals surface area contributed by atoms with Crippen molar-refractivity contribution in [1.29, 1.82) is 0 Å². The van der Waals surface area contributed by atoms with Gasteiger partial charge < -0.3 is 0 Å². The lowest BCUT2D eigenvalue weighted by Gasteiger charge is -2.06. The number of H-pyrrole nitrogens is 1. The van der Waals surface area contributed by atoms with Gasteiger partial charge in [0.15, 0.2) is 5.65 Å². The summed E-state index contributed by atoms with van der Waals surface area (Å²) >= 11 is 3.55. The third kappa shape index (κ3) is 1.88. The SMILES string of the molecule is Cc1cc(-c2cnn3c(=O)[nH]cnc23)cc(C)c1Br. The van der Waals surface area contributed by atoms with Gasteiger partial charge in [-0.05, 0) is 30.5 Å². The van der Waals surface area contributed by atoms with Gasteiger partial charge in [-0.2, -0.15) is 9.61 Å². The minimum absolute atomic E-state index is 0.290. The molecule has 19 heavy (non-hydrogen) atoms. The van der Waals surface area contributed by atoms with Gasteiger partial charge in [0, 0.05) is 10.0 Å². The molecule has 3 rings (SSSR count). The fourth-order valence-electron chi connectivity index (χ4n) is 2.13. The minimum atomic E-state index is -0.290. The predicted molar refractivity (Wildman–Crippen MR) is 76.2 cm³/mol. The molecule has 1 aromatic carbocycles. The first-order valence-corrected chi connectivity index (χ1v) is 6.56. The first-order chi connectivity index (χ1) is 9.08. The summed E-state index contributed by atoms with van der Waals surface area (Å²) in [5.74, 6) is 0. The van der Waals surface area contributed by atoms with Crippen molar-refractivity contribution in [3.05, 3.63) is 50.7 Å². The van der Waals surface area contributed by atoms with Gasteiger partial charge in [0.2, 0.25) is 0 Å². The van der Waals surface area contributed by atoms with Crippen LogP contribution in [0.15, 0.2) is 33.9 Å². The number of rotatable bonds is 1. The van der Waals surface area contributed by atoms with Crippen LogP contribution in [0, 0.1) is 13.8 Å². The average Bonchev–Trinajstić information content (AvgIpc) is 2.80. The van der Waals surface area contributed by atoms with Crippen LogP contribution in [0.2, 0.25) is 0 Å². The highest BCUT2D eigenvalue weighted by Crippen LogP contribution is 2.29. The average molecular weight is 319 g/mol. The van der Waals surface area contributed by atoms with E-state index in [1.807, 2.05) is 13.8 Å². The number of fused-ring (bicyclic) bond motifs is 1. The molecule has 0 aliphatic rings. The van der Waals surface area contributed by atoms with Crippen LogP contribution < -0.4 is 5.69 Å². The van der Waals surface area contributed by atoms with E-state index in [1.165, 1.54) is 10.8 Å². The molecule has 6 heteroatoms. The lowest BCUT2D eigenvalue weighted by molar-refractivity contribution is 0.840. The number of aromatic nitrogens is 4. The second-order valence-electron chi connectivity index (χ2n) is 4.43. The molecular formula is C13H11BrN4O. The Kier molecular flexibility index (Phi) is 2.74. The van der Waals surface area contributed by atoms with Crippen LogP contribution in [0.25, 0.3) is 16.8 Å². The van der Waals surface area contributed by atoms with E-state index in [0.29, 0.717) is 5.65 Å². The predicted octanol–water partition coefficient (Wildman–Crippen LogP) is 2.46. The number of aryl methyl sites for hydroxylation is 2. The maximum absolute atomic E-state index is 11.6. The van der Waals surface area contributed by atoms with E-state index in [9.17, 15) is 4.79 Å². The Balaban J connectivity index is 2.31. The van der Waals surface area contributed by atoms with Crippen molar-refractivity contribution in [2.75, 3.05) is 0 Å². The number of nitrogens with zero attached hydrogens (tertiary/aromatic N) is 3. The van der Waals surface area contributed by atoms with Crippen LogP contribution in [-0.4, -0.2) is 19.6 Å². The molecule has 96 valence electrons. The maximum Gasteiger partial charge on any atom is 0.349 e. The molecule has 1 N–H and O–H groups in total. The Hall–Kier alpha value is -1.95. The van der Waals surface area contributed by atoms with E-state index in [4.69, 9.17) is 0 Å². The fraction of sp³-hybridized carbons (Fsp3) is 0.154. The van der Waals surface area contributed by atoms with Crippen molar-refractivity contribution >= 4 is 21.6 Å². The quantitative estimate of drug-likeness (QED) is 0.749. The zero-order chi connectivity index (χ0) is 13.6. The summed E-state index contributed by atoms with van der Waals surface area (Å²) < 4.78 is 2.36. The molecule has 5 nitrogen and oxygen atoms in total. The van der Waals surface area contributed by atoms with Crippen LogP contribution in [-0.2, 0) is 0 Å². The first-order valence-electron chi connectivity index (χ1n) is 5.76. The van der Waals surface area contributed by atoms with E-state index < -0.39 is 0 Å². The molecule has 2 aromatic heterocycles. The molecule has 0 radical (unpaired) electrons. The second kappa shape index (κ2) is 4.31. The molecule has 0 saturated heterocycles. The highest BCUT2D eigenvalue weighted by atomic mass is 79.9. The molecule has 0 saturated carbocycles. The van der Waals surface area contributed by atoms with Crippen LogP contribution in [0.1, 0.15) is 11.1 Å². The highest BCUT2D eigenvalue weighted by molar-refractivity contribution is 9.10. The zero-order valence-corrected chi connectivity index (χ0v) is 12.0. The Morgan fingerprint density at radius 2 is 1.95 bits per heavy atom. The third-order valence-corrected chi connectivity index (χ3v) is 4.31. The van der Waals surface area contributed by atoms with Gasteiger partial charge in [0.25, 0.3) is 0 Å². The van der Waals surface area contributed by atoms with E-state index in [0.717, 1.165) is 26.7 Å². The topological polar surface area (TPSA) is 63.1 Å². The largest absolute Gasteiger partial charge is 0.349 e. The van der Waals surface area contributed by atoms with Crippen molar-refractivity contribution in [3.63, 3.8) is 0 Å². The van der Waals surface area contributed by atoms with Crippen LogP contribution >= 0.6 is 15.9 Å². The molecule has 0 aliphatic carbocycles. The smallest absolute Gasteiger partial charge is 0.296 e. The standard InChI is InChI=1S/C13H11BrN4O/c1-7-3-9(4-8(2)11(7)14)10-5-17-18-12(10)15-6-16-13(18)19/h3-6H,1-2H3,(H,15,16,19). The van der Waals surface area contributed by atoms with Gasteiger partial charge in [-0.1, -0.05) is 28.1 Å². The van der Waals surface area contributed by atoms with Gasteiger partial charge >= 0.3 is 5.69 Å². The molecule has 0 aliphatic heterocycles. The minimum Gasteiger partial charge on any atom is -0.296 e. The summed E-state index contributed by atoms with van der Waals surface area (Å²) in [4.78, 5) is 18.3. The normalized spacial score (nSPS) is 11.1. The number of hydrogen-bond donors (Lipinski definition) is 1. The Morgan fingerprint density at radius 1 is 1.26 bits per heavy atom. The summed E-state index contributed by atoms with van der Waals surface area (Å²) in [6.07, 6.45) is 3.06. The van der Waals surface area contributed by atoms with Crippen LogP contribution in [0.4, 0.5) is 0 Å². The van der Waals surface area contributed by atoms with Gasteiger partial charge in [-0.15, -0.1) is 0 Å². The molecule has 0 amide bonds. The Bertz CT molecular complexity index is 811. The molecule has 0 atom stereocenters. The number of aromatic amines is 1. The van der Waals surface area contributed by atoms with Crippen LogP contribution in [0.5, 0.6) is 0 Å². The second-order valence-corrected chi connectivity index (χ2v) is 5.22. The van der Waals surface area contributed by atoms with E-state index in [1.54, 1.807) is 6.20 Å². The zero-order valence-electron chi connectivity index (χ0n) is 10.4. The maximum atomic E-state index is 11.6.